The first kappa shape index (κ1) is 18.5. The fourth-order valence-electron chi connectivity index (χ4n) is 2.55. The Kier molecular flexibility index (Phi) is 5.68. The van der Waals surface area contributed by atoms with Gasteiger partial charge in [0.25, 0.3) is 0 Å². The molecule has 0 amide bonds. The predicted molar refractivity (Wildman–Crippen MR) is 109 cm³/mol. The molecule has 0 bridgehead atoms. The number of aryl methyl sites for hydroxylation is 2. The molecule has 0 aliphatic heterocycles. The Labute approximate surface area is 162 Å². The molecule has 26 heavy (non-hydrogen) atoms. The topological polar surface area (TPSA) is 55.2 Å². The van der Waals surface area contributed by atoms with Crippen LogP contribution in [0.15, 0.2) is 34.7 Å². The highest BCUT2D eigenvalue weighted by Crippen LogP contribution is 2.28. The van der Waals surface area contributed by atoms with Crippen molar-refractivity contribution in [3.05, 3.63) is 61.8 Å². The van der Waals surface area contributed by atoms with Crippen LogP contribution in [0.1, 0.15) is 47.2 Å². The molecule has 0 fully saturated rings. The van der Waals surface area contributed by atoms with Crippen molar-refractivity contribution in [3.8, 4) is 5.75 Å². The van der Waals surface area contributed by atoms with E-state index in [2.05, 4.69) is 67.3 Å². The second-order valence-corrected chi connectivity index (χ2v) is 7.79. The summed E-state index contributed by atoms with van der Waals surface area (Å²) in [6.45, 7) is 8.71. The maximum atomic E-state index is 6.06. The maximum Gasteiger partial charge on any atom is 0.216 e. The van der Waals surface area contributed by atoms with Crippen LogP contribution in [0.4, 0.5) is 0 Å². The fourth-order valence-corrected chi connectivity index (χ4v) is 3.53. The largest absolute Gasteiger partial charge is 0.485 e. The number of aromatic amines is 1. The number of hydrogen-bond acceptors (Lipinski definition) is 5. The zero-order valence-corrected chi connectivity index (χ0v) is 16.9. The van der Waals surface area contributed by atoms with Gasteiger partial charge in [-0.3, -0.25) is 0 Å². The lowest BCUT2D eigenvalue weighted by Crippen LogP contribution is -2.06. The summed E-state index contributed by atoms with van der Waals surface area (Å²) < 4.78 is 8.12. The number of H-pyrrole nitrogens is 1. The van der Waals surface area contributed by atoms with E-state index in [0.717, 1.165) is 16.2 Å². The van der Waals surface area contributed by atoms with Crippen LogP contribution in [0, 0.1) is 18.6 Å². The molecule has 0 aliphatic rings. The minimum atomic E-state index is 0.289. The summed E-state index contributed by atoms with van der Waals surface area (Å²) in [5.74, 6) is 1.89. The van der Waals surface area contributed by atoms with Gasteiger partial charge in [0.15, 0.2) is 5.82 Å². The van der Waals surface area contributed by atoms with Crippen LogP contribution < -0.4 is 4.74 Å². The summed E-state index contributed by atoms with van der Waals surface area (Å²) in [5.41, 5.74) is 3.52. The van der Waals surface area contributed by atoms with Gasteiger partial charge in [-0.1, -0.05) is 26.0 Å². The van der Waals surface area contributed by atoms with Gasteiger partial charge in [-0.25, -0.2) is 5.10 Å². The molecule has 0 saturated heterocycles. The van der Waals surface area contributed by atoms with E-state index in [4.69, 9.17) is 17.0 Å². The molecule has 0 saturated carbocycles. The molecule has 0 radical (unpaired) electrons. The normalized spacial score (nSPS) is 11.6. The lowest BCUT2D eigenvalue weighted by molar-refractivity contribution is 0.286. The van der Waals surface area contributed by atoms with E-state index in [1.807, 2.05) is 5.38 Å². The molecular weight excluding hydrogens is 364 g/mol. The molecule has 3 rings (SSSR count). The summed E-state index contributed by atoms with van der Waals surface area (Å²) in [4.78, 5) is 1.10. The Balaban J connectivity index is 1.82. The smallest absolute Gasteiger partial charge is 0.216 e. The van der Waals surface area contributed by atoms with Gasteiger partial charge in [0.2, 0.25) is 4.77 Å². The van der Waals surface area contributed by atoms with Crippen LogP contribution in [0.5, 0.6) is 5.75 Å². The van der Waals surface area contributed by atoms with Gasteiger partial charge in [-0.15, -0.1) is 11.3 Å². The first-order valence-corrected chi connectivity index (χ1v) is 9.72. The van der Waals surface area contributed by atoms with Gasteiger partial charge in [-0.05, 0) is 66.2 Å². The molecule has 2 heterocycles. The Morgan fingerprint density at radius 1 is 1.35 bits per heavy atom. The molecule has 0 aliphatic carbocycles. The van der Waals surface area contributed by atoms with Crippen molar-refractivity contribution in [2.75, 3.05) is 0 Å². The lowest BCUT2D eigenvalue weighted by atomic mass is 10.0. The van der Waals surface area contributed by atoms with Crippen LogP contribution in [-0.4, -0.2) is 21.1 Å². The molecule has 2 aromatic heterocycles. The van der Waals surface area contributed by atoms with Crippen LogP contribution in [0.3, 0.4) is 0 Å². The third kappa shape index (κ3) is 4.11. The van der Waals surface area contributed by atoms with E-state index < -0.39 is 0 Å². The summed E-state index contributed by atoms with van der Waals surface area (Å²) in [7, 11) is 0. The molecule has 5 nitrogen and oxygen atoms in total. The number of thiophene rings is 1. The highest BCUT2D eigenvalue weighted by atomic mass is 32.1. The monoisotopic (exact) mass is 386 g/mol. The number of nitrogens with zero attached hydrogens (tertiary/aromatic N) is 3. The third-order valence-electron chi connectivity index (χ3n) is 4.06. The first-order chi connectivity index (χ1) is 12.5. The maximum absolute atomic E-state index is 6.06. The molecular formula is C19H22N4OS2. The Morgan fingerprint density at radius 2 is 2.15 bits per heavy atom. The quantitative estimate of drug-likeness (QED) is 0.468. The molecule has 0 spiro atoms. The van der Waals surface area contributed by atoms with E-state index in [-0.39, 0.29) is 6.61 Å². The molecule has 136 valence electrons. The average molecular weight is 387 g/mol. The minimum absolute atomic E-state index is 0.289. The Bertz CT molecular complexity index is 982. The van der Waals surface area contributed by atoms with Crippen molar-refractivity contribution in [1.82, 2.24) is 14.9 Å². The predicted octanol–water partition coefficient (Wildman–Crippen LogP) is 5.20. The van der Waals surface area contributed by atoms with E-state index >= 15 is 0 Å². The Hall–Kier alpha value is -2.25. The molecule has 1 N–H and O–H groups in total. The van der Waals surface area contributed by atoms with Crippen molar-refractivity contribution in [2.45, 2.75) is 40.2 Å². The summed E-state index contributed by atoms with van der Waals surface area (Å²) >= 11 is 6.94. The molecule has 3 aromatic rings. The Morgan fingerprint density at radius 3 is 2.85 bits per heavy atom. The van der Waals surface area contributed by atoms with Gasteiger partial charge in [0.05, 0.1) is 11.1 Å². The lowest BCUT2D eigenvalue weighted by Gasteiger charge is -2.14. The van der Waals surface area contributed by atoms with Crippen LogP contribution in [0.2, 0.25) is 0 Å². The van der Waals surface area contributed by atoms with Gasteiger partial charge in [0, 0.05) is 0 Å². The van der Waals surface area contributed by atoms with Crippen molar-refractivity contribution >= 4 is 29.8 Å². The van der Waals surface area contributed by atoms with Crippen molar-refractivity contribution in [3.63, 3.8) is 0 Å². The molecule has 0 unspecified atom stereocenters. The van der Waals surface area contributed by atoms with E-state index in [9.17, 15) is 0 Å². The van der Waals surface area contributed by atoms with Gasteiger partial charge in [0.1, 0.15) is 12.4 Å². The molecule has 1 aromatic carbocycles. The highest BCUT2D eigenvalue weighted by molar-refractivity contribution is 7.71. The molecule has 0 atom stereocenters. The highest BCUT2D eigenvalue weighted by Gasteiger charge is 2.11. The van der Waals surface area contributed by atoms with Crippen LogP contribution >= 0.6 is 23.6 Å². The second-order valence-electron chi connectivity index (χ2n) is 6.45. The van der Waals surface area contributed by atoms with Crippen LogP contribution in [0.25, 0.3) is 0 Å². The number of rotatable bonds is 6. The zero-order chi connectivity index (χ0) is 18.7. The van der Waals surface area contributed by atoms with Crippen molar-refractivity contribution in [1.29, 1.82) is 0 Å². The number of benzene rings is 1. The van der Waals surface area contributed by atoms with Gasteiger partial charge in [-0.2, -0.15) is 14.9 Å². The fraction of sp³-hybridized carbons (Fsp3) is 0.316. The second kappa shape index (κ2) is 7.97. The number of hydrogen-bond donors (Lipinski definition) is 1. The van der Waals surface area contributed by atoms with E-state index in [1.54, 1.807) is 22.2 Å². The van der Waals surface area contributed by atoms with E-state index in [0.29, 0.717) is 16.5 Å². The first-order valence-electron chi connectivity index (χ1n) is 8.44. The average Bonchev–Trinajstić information content (AvgIpc) is 3.16. The summed E-state index contributed by atoms with van der Waals surface area (Å²) in [6.07, 6.45) is 1.81. The standard InChI is InChI=1S/C19H22N4OS2/c1-12(2)15-6-5-13(3)9-16(15)24-11-18-21-22-19(25)23(18)20-10-17-14(4)7-8-26-17/h5-10,12H,11H2,1-4H3,(H,22,25)/b20-10-. The van der Waals surface area contributed by atoms with E-state index in [1.165, 1.54) is 11.1 Å². The van der Waals surface area contributed by atoms with Crippen molar-refractivity contribution in [2.24, 2.45) is 5.10 Å². The van der Waals surface area contributed by atoms with Gasteiger partial charge >= 0.3 is 0 Å². The van der Waals surface area contributed by atoms with Crippen molar-refractivity contribution < 1.29 is 4.74 Å². The number of ether oxygens (including phenoxy) is 1. The summed E-state index contributed by atoms with van der Waals surface area (Å²) in [5, 5.41) is 13.6. The third-order valence-corrected chi connectivity index (χ3v) is 5.28. The minimum Gasteiger partial charge on any atom is -0.485 e. The summed E-state index contributed by atoms with van der Waals surface area (Å²) in [6, 6.07) is 8.34. The zero-order valence-electron chi connectivity index (χ0n) is 15.3. The van der Waals surface area contributed by atoms with Gasteiger partial charge < -0.3 is 4.74 Å². The SMILES string of the molecule is Cc1ccc(C(C)C)c(OCc2n[nH]c(=S)n2/N=C\c2sccc2C)c1. The number of aromatic nitrogens is 3. The van der Waals surface area contributed by atoms with Crippen LogP contribution in [-0.2, 0) is 6.61 Å². The molecule has 7 heteroatoms. The number of nitrogens with one attached hydrogen (secondary N) is 1.